The van der Waals surface area contributed by atoms with Crippen LogP contribution in [0.1, 0.15) is 74.1 Å². The lowest BCUT2D eigenvalue weighted by molar-refractivity contribution is -0.144. The van der Waals surface area contributed by atoms with E-state index in [2.05, 4.69) is 10.6 Å². The standard InChI is InChI=1S/C26H39Cl2N3O6/c1-13(32)19(33)16(11-14-9-8-10-14)29-21(34)18-17-15(26(17,27)28)12-31(18)22(35)20(24(2,3)4)30-23(36)37-25(5,6)7/h14-18,20H,8-12H2,1-7H3,(H,29,34)(H,30,36)/t15-,16-,17-,18-,20+/m0/s1. The van der Waals surface area contributed by atoms with Crippen molar-refractivity contribution in [2.45, 2.75) is 102 Å². The number of fused-ring (bicyclic) bond motifs is 1. The molecule has 0 spiro atoms. The fraction of sp³-hybridized carbons (Fsp3) is 0.808. The molecule has 0 radical (unpaired) electrons. The first-order valence-corrected chi connectivity index (χ1v) is 13.6. The van der Waals surface area contributed by atoms with Crippen molar-refractivity contribution in [2.24, 2.45) is 23.2 Å². The number of hydrogen-bond donors (Lipinski definition) is 2. The molecule has 9 nitrogen and oxygen atoms in total. The van der Waals surface area contributed by atoms with Gasteiger partial charge < -0.3 is 20.3 Å². The number of Topliss-reactive ketones (excluding diaryl/α,β-unsaturated/α-hetero) is 2. The molecular formula is C26H39Cl2N3O6. The molecule has 1 saturated heterocycles. The summed E-state index contributed by atoms with van der Waals surface area (Å²) in [5.41, 5.74) is -1.47. The predicted molar refractivity (Wildman–Crippen MR) is 139 cm³/mol. The topological polar surface area (TPSA) is 122 Å². The van der Waals surface area contributed by atoms with Crippen molar-refractivity contribution in [1.29, 1.82) is 0 Å². The normalized spacial score (nSPS) is 26.3. The van der Waals surface area contributed by atoms with Gasteiger partial charge in [-0.1, -0.05) is 40.0 Å². The summed E-state index contributed by atoms with van der Waals surface area (Å²) in [5, 5.41) is 5.40. The maximum atomic E-state index is 13.8. The Morgan fingerprint density at radius 2 is 1.62 bits per heavy atom. The Kier molecular flexibility index (Phi) is 8.31. The van der Waals surface area contributed by atoms with Crippen LogP contribution in [0.2, 0.25) is 0 Å². The van der Waals surface area contributed by atoms with Crippen LogP contribution in [0, 0.1) is 23.2 Å². The second-order valence-electron chi connectivity index (χ2n) is 12.7. The Bertz CT molecular complexity index is 966. The summed E-state index contributed by atoms with van der Waals surface area (Å²) in [6.45, 7) is 11.9. The second-order valence-corrected chi connectivity index (χ2v) is 14.1. The number of alkyl carbamates (subject to hydrolysis) is 1. The van der Waals surface area contributed by atoms with Crippen LogP contribution in [0.3, 0.4) is 0 Å². The first kappa shape index (κ1) is 29.7. The Morgan fingerprint density at radius 3 is 2.08 bits per heavy atom. The summed E-state index contributed by atoms with van der Waals surface area (Å²) in [6.07, 6.45) is 2.55. The Morgan fingerprint density at radius 1 is 1.03 bits per heavy atom. The number of amides is 3. The molecule has 2 N–H and O–H groups in total. The number of carbonyl (C=O) groups excluding carboxylic acids is 5. The smallest absolute Gasteiger partial charge is 0.408 e. The summed E-state index contributed by atoms with van der Waals surface area (Å²) in [7, 11) is 0. The molecule has 1 aliphatic heterocycles. The van der Waals surface area contributed by atoms with E-state index in [4.69, 9.17) is 27.9 Å². The van der Waals surface area contributed by atoms with Crippen LogP contribution in [-0.4, -0.2) is 69.0 Å². The van der Waals surface area contributed by atoms with Crippen LogP contribution in [0.25, 0.3) is 0 Å². The van der Waals surface area contributed by atoms with Crippen LogP contribution in [-0.2, 0) is 23.9 Å². The van der Waals surface area contributed by atoms with Gasteiger partial charge in [0.2, 0.25) is 17.6 Å². The van der Waals surface area contributed by atoms with Gasteiger partial charge in [-0.2, -0.15) is 0 Å². The number of likely N-dealkylation sites (tertiary alicyclic amines) is 1. The van der Waals surface area contributed by atoms with Gasteiger partial charge in [0.1, 0.15) is 22.0 Å². The van der Waals surface area contributed by atoms with Gasteiger partial charge in [0.05, 0.1) is 6.04 Å². The largest absolute Gasteiger partial charge is 0.444 e. The molecule has 2 aliphatic carbocycles. The van der Waals surface area contributed by atoms with Crippen molar-refractivity contribution in [1.82, 2.24) is 15.5 Å². The lowest BCUT2D eigenvalue weighted by Gasteiger charge is -2.38. The minimum absolute atomic E-state index is 0.130. The number of nitrogens with one attached hydrogen (secondary N) is 2. The van der Waals surface area contributed by atoms with E-state index in [1.165, 1.54) is 11.8 Å². The third-order valence-corrected chi connectivity index (χ3v) is 8.50. The molecule has 11 heteroatoms. The van der Waals surface area contributed by atoms with E-state index in [1.54, 1.807) is 41.5 Å². The molecule has 3 fully saturated rings. The van der Waals surface area contributed by atoms with Crippen LogP contribution in [0.4, 0.5) is 4.79 Å². The van der Waals surface area contributed by atoms with E-state index >= 15 is 0 Å². The number of ketones is 2. The fourth-order valence-corrected chi connectivity index (χ4v) is 6.00. The molecule has 0 bridgehead atoms. The maximum absolute atomic E-state index is 13.8. The highest BCUT2D eigenvalue weighted by Gasteiger charge is 2.74. The minimum Gasteiger partial charge on any atom is -0.444 e. The number of carbonyl (C=O) groups is 5. The van der Waals surface area contributed by atoms with Crippen molar-refractivity contribution >= 4 is 52.7 Å². The number of halogens is 2. The molecule has 5 atom stereocenters. The summed E-state index contributed by atoms with van der Waals surface area (Å²) in [6, 6.07) is -3.01. The summed E-state index contributed by atoms with van der Waals surface area (Å²) >= 11 is 12.9. The monoisotopic (exact) mass is 559 g/mol. The highest BCUT2D eigenvalue weighted by molar-refractivity contribution is 6.51. The molecule has 3 aliphatic rings. The Balaban J connectivity index is 1.83. The van der Waals surface area contributed by atoms with Crippen LogP contribution in [0.5, 0.6) is 0 Å². The Labute approximate surface area is 228 Å². The lowest BCUT2D eigenvalue weighted by Crippen LogP contribution is -2.60. The van der Waals surface area contributed by atoms with E-state index in [1.807, 2.05) is 0 Å². The number of hydrogen-bond acceptors (Lipinski definition) is 6. The minimum atomic E-state index is -1.18. The zero-order valence-electron chi connectivity index (χ0n) is 22.7. The second kappa shape index (κ2) is 10.4. The number of alkyl halides is 2. The van der Waals surface area contributed by atoms with Crippen molar-refractivity contribution in [2.75, 3.05) is 6.54 Å². The van der Waals surface area contributed by atoms with E-state index in [-0.39, 0.29) is 18.4 Å². The molecule has 208 valence electrons. The number of ether oxygens (including phenoxy) is 1. The SMILES string of the molecule is CC(=O)C(=O)[C@H](CC1CCC1)NC(=O)[C@@H]1[C@@H]2[C@H](CN1C(=O)[C@@H](NC(=O)OC(C)(C)C)C(C)(C)C)C2(Cl)Cl. The van der Waals surface area contributed by atoms with Crippen molar-refractivity contribution in [3.63, 3.8) is 0 Å². The number of rotatable bonds is 8. The van der Waals surface area contributed by atoms with Crippen molar-refractivity contribution < 1.29 is 28.7 Å². The highest BCUT2D eigenvalue weighted by Crippen LogP contribution is 2.65. The van der Waals surface area contributed by atoms with Gasteiger partial charge in [-0.05, 0) is 38.5 Å². The number of nitrogens with zero attached hydrogens (tertiary/aromatic N) is 1. The van der Waals surface area contributed by atoms with E-state index in [0.29, 0.717) is 6.42 Å². The zero-order chi connectivity index (χ0) is 28.1. The van der Waals surface area contributed by atoms with Crippen LogP contribution >= 0.6 is 23.2 Å². The van der Waals surface area contributed by atoms with Crippen LogP contribution in [0.15, 0.2) is 0 Å². The molecule has 3 amide bonds. The first-order chi connectivity index (χ1) is 16.8. The van der Waals surface area contributed by atoms with Gasteiger partial charge in [-0.25, -0.2) is 4.79 Å². The van der Waals surface area contributed by atoms with Crippen molar-refractivity contribution in [3.8, 4) is 0 Å². The molecule has 0 aromatic rings. The summed E-state index contributed by atoms with van der Waals surface area (Å²) in [5.74, 6) is -2.94. The predicted octanol–water partition coefficient (Wildman–Crippen LogP) is 3.39. The average Bonchev–Trinajstić information content (AvgIpc) is 3.06. The first-order valence-electron chi connectivity index (χ1n) is 12.9. The molecule has 37 heavy (non-hydrogen) atoms. The van der Waals surface area contributed by atoms with Crippen molar-refractivity contribution in [3.05, 3.63) is 0 Å². The molecule has 0 aromatic heterocycles. The summed E-state index contributed by atoms with van der Waals surface area (Å²) in [4.78, 5) is 65.8. The lowest BCUT2D eigenvalue weighted by atomic mass is 9.80. The average molecular weight is 561 g/mol. The van der Waals surface area contributed by atoms with E-state index < -0.39 is 68.9 Å². The molecule has 1 heterocycles. The van der Waals surface area contributed by atoms with Gasteiger partial charge >= 0.3 is 6.09 Å². The van der Waals surface area contributed by atoms with E-state index in [0.717, 1.165) is 19.3 Å². The van der Waals surface area contributed by atoms with Gasteiger partial charge in [-0.15, -0.1) is 23.2 Å². The molecule has 0 unspecified atom stereocenters. The highest BCUT2D eigenvalue weighted by atomic mass is 35.5. The maximum Gasteiger partial charge on any atom is 0.408 e. The van der Waals surface area contributed by atoms with Gasteiger partial charge in [0, 0.05) is 25.3 Å². The van der Waals surface area contributed by atoms with Gasteiger partial charge in [0.15, 0.2) is 5.78 Å². The van der Waals surface area contributed by atoms with E-state index in [9.17, 15) is 24.0 Å². The fourth-order valence-electron chi connectivity index (χ4n) is 5.17. The van der Waals surface area contributed by atoms with Gasteiger partial charge in [-0.3, -0.25) is 19.2 Å². The molecule has 0 aromatic carbocycles. The Hall–Kier alpha value is -1.87. The van der Waals surface area contributed by atoms with Gasteiger partial charge in [0.25, 0.3) is 0 Å². The summed E-state index contributed by atoms with van der Waals surface area (Å²) < 4.78 is 4.18. The third-order valence-electron chi connectivity index (χ3n) is 7.43. The third kappa shape index (κ3) is 6.59. The molecular weight excluding hydrogens is 521 g/mol. The quantitative estimate of drug-likeness (QED) is 0.347. The molecule has 3 rings (SSSR count). The van der Waals surface area contributed by atoms with Crippen LogP contribution < -0.4 is 10.6 Å². The zero-order valence-corrected chi connectivity index (χ0v) is 24.2. The molecule has 2 saturated carbocycles. The number of piperidine rings is 1.